The highest BCUT2D eigenvalue weighted by Crippen LogP contribution is 2.63. The summed E-state index contributed by atoms with van der Waals surface area (Å²) in [4.78, 5) is 26.5. The van der Waals surface area contributed by atoms with Gasteiger partial charge in [0.15, 0.2) is 5.78 Å². The number of ether oxygens (including phenoxy) is 1. The number of amides is 1. The molecular weight excluding hydrogens is 424 g/mol. The fraction of sp³-hybridized carbons (Fsp3) is 0.630. The van der Waals surface area contributed by atoms with Gasteiger partial charge in [0.05, 0.1) is 6.54 Å². The van der Waals surface area contributed by atoms with Crippen LogP contribution in [0.2, 0.25) is 0 Å². The average molecular weight is 458 g/mol. The number of ketones is 1. The summed E-state index contributed by atoms with van der Waals surface area (Å²) in [5.41, 5.74) is 1.32. The van der Waals surface area contributed by atoms with Gasteiger partial charge in [0, 0.05) is 18.4 Å². The Morgan fingerprint density at radius 2 is 1.85 bits per heavy atom. The van der Waals surface area contributed by atoms with E-state index < -0.39 is 24.1 Å². The number of hydrogen-bond donors (Lipinski definition) is 0. The van der Waals surface area contributed by atoms with Gasteiger partial charge in [-0.3, -0.25) is 9.69 Å². The Bertz CT molecular complexity index is 977. The van der Waals surface area contributed by atoms with E-state index in [-0.39, 0.29) is 42.0 Å². The molecule has 2 saturated carbocycles. The van der Waals surface area contributed by atoms with Crippen molar-refractivity contribution in [2.45, 2.75) is 76.9 Å². The van der Waals surface area contributed by atoms with Crippen molar-refractivity contribution in [2.75, 3.05) is 6.54 Å². The van der Waals surface area contributed by atoms with E-state index in [1.54, 1.807) is 0 Å². The molecule has 5 rings (SSSR count). The molecule has 6 heteroatoms. The van der Waals surface area contributed by atoms with Gasteiger partial charge < -0.3 is 4.74 Å². The lowest BCUT2D eigenvalue weighted by atomic mass is 9.47. The van der Waals surface area contributed by atoms with Crippen LogP contribution in [0, 0.1) is 23.2 Å². The molecule has 5 atom stereocenters. The van der Waals surface area contributed by atoms with Gasteiger partial charge in [0.1, 0.15) is 6.61 Å². The van der Waals surface area contributed by atoms with Gasteiger partial charge in [0.25, 0.3) is 5.92 Å². The van der Waals surface area contributed by atoms with E-state index in [4.69, 9.17) is 4.74 Å². The minimum Gasteiger partial charge on any atom is -0.445 e. The summed E-state index contributed by atoms with van der Waals surface area (Å²) in [6, 6.07) is 9.32. The van der Waals surface area contributed by atoms with Crippen LogP contribution in [0.4, 0.5) is 13.6 Å². The quantitative estimate of drug-likeness (QED) is 0.535. The number of benzene rings is 1. The second-order valence-corrected chi connectivity index (χ2v) is 11.1. The Kier molecular flexibility index (Phi) is 5.41. The Labute approximate surface area is 194 Å². The molecule has 1 amide bonds. The van der Waals surface area contributed by atoms with Crippen molar-refractivity contribution in [3.8, 4) is 0 Å². The summed E-state index contributed by atoms with van der Waals surface area (Å²) in [5.74, 6) is -2.62. The van der Waals surface area contributed by atoms with Crippen molar-refractivity contribution >= 4 is 11.9 Å². The van der Waals surface area contributed by atoms with Crippen LogP contribution in [0.5, 0.6) is 0 Å². The lowest BCUT2D eigenvalue weighted by Crippen LogP contribution is -2.67. The highest BCUT2D eigenvalue weighted by atomic mass is 19.3. The van der Waals surface area contributed by atoms with Crippen molar-refractivity contribution in [1.29, 1.82) is 0 Å². The Hall–Kier alpha value is -2.24. The summed E-state index contributed by atoms with van der Waals surface area (Å²) >= 11 is 0. The van der Waals surface area contributed by atoms with Crippen molar-refractivity contribution in [1.82, 2.24) is 4.90 Å². The van der Waals surface area contributed by atoms with Crippen molar-refractivity contribution in [2.24, 2.45) is 23.2 Å². The fourth-order valence-electron chi connectivity index (χ4n) is 7.44. The maximum atomic E-state index is 15.1. The molecule has 4 nitrogen and oxygen atoms in total. The zero-order chi connectivity index (χ0) is 23.4. The van der Waals surface area contributed by atoms with Crippen LogP contribution in [0.1, 0.15) is 64.4 Å². The first-order chi connectivity index (χ1) is 15.6. The number of allylic oxidation sites excluding steroid dienone is 2. The van der Waals surface area contributed by atoms with E-state index in [1.165, 1.54) is 10.5 Å². The maximum Gasteiger partial charge on any atom is 0.410 e. The summed E-state index contributed by atoms with van der Waals surface area (Å²) in [5, 5.41) is 0. The smallest absolute Gasteiger partial charge is 0.410 e. The van der Waals surface area contributed by atoms with Crippen LogP contribution in [0.3, 0.4) is 0 Å². The zero-order valence-corrected chi connectivity index (χ0v) is 19.5. The molecule has 0 unspecified atom stereocenters. The number of carbonyl (C=O) groups is 2. The van der Waals surface area contributed by atoms with E-state index >= 15 is 8.78 Å². The number of hydrogen-bond acceptors (Lipinski definition) is 3. The molecule has 178 valence electrons. The molecule has 3 fully saturated rings. The molecule has 0 N–H and O–H groups in total. The molecule has 1 saturated heterocycles. The first kappa shape index (κ1) is 22.5. The van der Waals surface area contributed by atoms with Crippen molar-refractivity contribution < 1.29 is 23.1 Å². The Balaban J connectivity index is 1.41. The molecule has 1 heterocycles. The van der Waals surface area contributed by atoms with Gasteiger partial charge in [-0.05, 0) is 73.8 Å². The van der Waals surface area contributed by atoms with Gasteiger partial charge >= 0.3 is 6.09 Å². The van der Waals surface area contributed by atoms with Gasteiger partial charge in [-0.25, -0.2) is 13.6 Å². The number of likely N-dealkylation sites (tertiary alicyclic amines) is 1. The van der Waals surface area contributed by atoms with Crippen molar-refractivity contribution in [3.05, 3.63) is 47.5 Å². The van der Waals surface area contributed by atoms with Crippen LogP contribution in [-0.4, -0.2) is 34.8 Å². The number of halogens is 2. The summed E-state index contributed by atoms with van der Waals surface area (Å²) in [7, 11) is 0. The molecule has 1 aromatic rings. The normalized spacial score (nSPS) is 37.3. The van der Waals surface area contributed by atoms with Gasteiger partial charge in [0.2, 0.25) is 0 Å². The van der Waals surface area contributed by atoms with Gasteiger partial charge in [-0.15, -0.1) is 0 Å². The SMILES string of the molecule is C[C@]12CCC(=O)C=C1CC[C@@H]1[C@@H]2CC[C@@]2(C)[C@H]1CC(F)(F)CN2C(=O)OCc1ccccc1. The predicted octanol–water partition coefficient (Wildman–Crippen LogP) is 6.15. The average Bonchev–Trinajstić information content (AvgIpc) is 2.78. The third kappa shape index (κ3) is 3.79. The molecule has 0 spiro atoms. The highest BCUT2D eigenvalue weighted by molar-refractivity contribution is 5.91. The monoisotopic (exact) mass is 457 g/mol. The van der Waals surface area contributed by atoms with E-state index in [1.807, 2.05) is 43.3 Å². The number of alkyl halides is 2. The molecule has 3 aliphatic carbocycles. The number of fused-ring (bicyclic) bond motifs is 5. The molecule has 0 aromatic heterocycles. The largest absolute Gasteiger partial charge is 0.445 e. The van der Waals surface area contributed by atoms with E-state index in [9.17, 15) is 9.59 Å². The first-order valence-corrected chi connectivity index (χ1v) is 12.2. The zero-order valence-electron chi connectivity index (χ0n) is 19.5. The standard InChI is InChI=1S/C27H33F2NO3/c1-25-12-10-20(31)14-19(25)8-9-21-22(25)11-13-26(2)23(21)15-27(28,29)17-30(26)24(32)33-16-18-6-4-3-5-7-18/h3-7,14,21-23H,8-13,15-17H2,1-2H3/t21-,22+,23+,25+,26+/m1/s1. The molecule has 0 bridgehead atoms. The van der Waals surface area contributed by atoms with E-state index in [0.717, 1.165) is 31.2 Å². The van der Waals surface area contributed by atoms with Crippen LogP contribution in [0.25, 0.3) is 0 Å². The van der Waals surface area contributed by atoms with Crippen LogP contribution < -0.4 is 0 Å². The minimum atomic E-state index is -2.93. The number of piperidine rings is 1. The third-order valence-corrected chi connectivity index (χ3v) is 9.27. The lowest BCUT2D eigenvalue weighted by molar-refractivity contribution is -0.174. The van der Waals surface area contributed by atoms with Crippen LogP contribution >= 0.6 is 0 Å². The summed E-state index contributed by atoms with van der Waals surface area (Å²) in [6.45, 7) is 3.72. The van der Waals surface area contributed by atoms with Gasteiger partial charge in [-0.2, -0.15) is 0 Å². The van der Waals surface area contributed by atoms with Crippen molar-refractivity contribution in [3.63, 3.8) is 0 Å². The first-order valence-electron chi connectivity index (χ1n) is 12.2. The lowest BCUT2D eigenvalue weighted by Gasteiger charge is -2.63. The number of rotatable bonds is 2. The molecule has 0 radical (unpaired) electrons. The second kappa shape index (κ2) is 7.92. The van der Waals surface area contributed by atoms with Gasteiger partial charge in [-0.1, -0.05) is 42.8 Å². The summed E-state index contributed by atoms with van der Waals surface area (Å²) in [6.07, 6.45) is 5.52. The molecule has 4 aliphatic rings. The fourth-order valence-corrected chi connectivity index (χ4v) is 7.44. The molecular formula is C27H33F2NO3. The summed E-state index contributed by atoms with van der Waals surface area (Å²) < 4.78 is 35.6. The minimum absolute atomic E-state index is 0.0782. The topological polar surface area (TPSA) is 46.6 Å². The molecule has 1 aliphatic heterocycles. The van der Waals surface area contributed by atoms with E-state index in [0.29, 0.717) is 12.8 Å². The maximum absolute atomic E-state index is 15.1. The van der Waals surface area contributed by atoms with E-state index in [2.05, 4.69) is 6.92 Å². The van der Waals surface area contributed by atoms with Crippen LogP contribution in [0.15, 0.2) is 42.0 Å². The number of nitrogens with zero attached hydrogens (tertiary/aromatic N) is 1. The third-order valence-electron chi connectivity index (χ3n) is 9.27. The Morgan fingerprint density at radius 3 is 2.61 bits per heavy atom. The number of carbonyl (C=O) groups excluding carboxylic acids is 2. The Morgan fingerprint density at radius 1 is 1.09 bits per heavy atom. The van der Waals surface area contributed by atoms with Crippen LogP contribution in [-0.2, 0) is 16.1 Å². The second-order valence-electron chi connectivity index (χ2n) is 11.1. The molecule has 1 aromatic carbocycles. The highest BCUT2D eigenvalue weighted by Gasteiger charge is 2.62. The predicted molar refractivity (Wildman–Crippen MR) is 121 cm³/mol. The molecule has 33 heavy (non-hydrogen) atoms.